The second kappa shape index (κ2) is 11.6. The molecule has 0 radical (unpaired) electrons. The monoisotopic (exact) mass is 525 g/mol. The van der Waals surface area contributed by atoms with Crippen molar-refractivity contribution in [3.05, 3.63) is 95.6 Å². The van der Waals surface area contributed by atoms with Gasteiger partial charge in [0.15, 0.2) is 5.78 Å². The third-order valence-corrected chi connectivity index (χ3v) is 6.35. The smallest absolute Gasteiger partial charge is 0.308 e. The number of amides is 3. The van der Waals surface area contributed by atoms with E-state index in [0.717, 1.165) is 17.7 Å². The summed E-state index contributed by atoms with van der Waals surface area (Å²) in [6.45, 7) is 6.05. The van der Waals surface area contributed by atoms with E-state index in [4.69, 9.17) is 4.99 Å². The summed E-state index contributed by atoms with van der Waals surface area (Å²) in [4.78, 5) is 48.4. The first kappa shape index (κ1) is 27.7. The third-order valence-electron chi connectivity index (χ3n) is 6.35. The summed E-state index contributed by atoms with van der Waals surface area (Å²) in [5, 5.41) is 5.57. The van der Waals surface area contributed by atoms with Crippen molar-refractivity contribution in [2.75, 3.05) is 30.9 Å². The average molecular weight is 526 g/mol. The van der Waals surface area contributed by atoms with Gasteiger partial charge in [0.1, 0.15) is 0 Å². The van der Waals surface area contributed by atoms with E-state index < -0.39 is 23.5 Å². The maximum absolute atomic E-state index is 13.9. The highest BCUT2D eigenvalue weighted by molar-refractivity contribution is 6.21. The van der Waals surface area contributed by atoms with E-state index in [9.17, 15) is 14.4 Å². The Bertz CT molecular complexity index is 1390. The molecule has 1 aliphatic heterocycles. The van der Waals surface area contributed by atoms with E-state index in [1.807, 2.05) is 106 Å². The van der Waals surface area contributed by atoms with Crippen molar-refractivity contribution < 1.29 is 14.4 Å². The lowest BCUT2D eigenvalue weighted by atomic mass is 9.90. The Hall–Kier alpha value is -4.30. The number of anilines is 2. The number of nitrogens with one attached hydrogen (secondary N) is 2. The van der Waals surface area contributed by atoms with Gasteiger partial charge in [0.05, 0.1) is 17.9 Å². The number of benzodiazepines with no additional fused rings is 1. The van der Waals surface area contributed by atoms with E-state index >= 15 is 0 Å². The van der Waals surface area contributed by atoms with Crippen molar-refractivity contribution in [2.45, 2.75) is 33.5 Å². The lowest BCUT2D eigenvalue weighted by molar-refractivity contribution is -0.127. The number of benzene rings is 3. The molecule has 2 N–H and O–H groups in total. The first-order valence-electron chi connectivity index (χ1n) is 12.9. The Labute approximate surface area is 229 Å². The first-order chi connectivity index (χ1) is 18.5. The summed E-state index contributed by atoms with van der Waals surface area (Å²) in [6, 6.07) is 23.8. The van der Waals surface area contributed by atoms with Gasteiger partial charge in [0.25, 0.3) is 5.91 Å². The lowest BCUT2D eigenvalue weighted by Crippen LogP contribution is -2.50. The molecule has 0 unspecified atom stereocenters. The van der Waals surface area contributed by atoms with Crippen molar-refractivity contribution in [1.82, 2.24) is 10.2 Å². The van der Waals surface area contributed by atoms with Gasteiger partial charge in [-0.25, -0.2) is 9.79 Å². The molecule has 0 saturated carbocycles. The first-order valence-corrected chi connectivity index (χ1v) is 12.9. The van der Waals surface area contributed by atoms with Gasteiger partial charge in [-0.2, -0.15) is 0 Å². The van der Waals surface area contributed by atoms with Crippen LogP contribution in [0.25, 0.3) is 0 Å². The van der Waals surface area contributed by atoms with Crippen LogP contribution in [0.2, 0.25) is 0 Å². The molecule has 0 saturated heterocycles. The second-order valence-electron chi connectivity index (χ2n) is 10.9. The zero-order chi connectivity index (χ0) is 28.2. The average Bonchev–Trinajstić information content (AvgIpc) is 2.99. The fourth-order valence-corrected chi connectivity index (χ4v) is 4.30. The van der Waals surface area contributed by atoms with Crippen molar-refractivity contribution in [1.29, 1.82) is 0 Å². The lowest BCUT2D eigenvalue weighted by Gasteiger charge is -2.28. The molecule has 1 atom stereocenters. The second-order valence-corrected chi connectivity index (χ2v) is 10.9. The van der Waals surface area contributed by atoms with Gasteiger partial charge in [-0.05, 0) is 37.9 Å². The Morgan fingerprint density at radius 1 is 0.949 bits per heavy atom. The van der Waals surface area contributed by atoms with Crippen LogP contribution in [0.4, 0.5) is 16.2 Å². The number of rotatable bonds is 7. The fraction of sp³-hybridized carbons (Fsp3) is 0.290. The summed E-state index contributed by atoms with van der Waals surface area (Å²) < 4.78 is 0. The van der Waals surface area contributed by atoms with Gasteiger partial charge in [0, 0.05) is 28.8 Å². The number of carbonyl (C=O) groups excluding carboxylic acids is 3. The molecule has 0 aliphatic carbocycles. The maximum atomic E-state index is 13.9. The Morgan fingerprint density at radius 2 is 1.64 bits per heavy atom. The number of hydrogen-bond acceptors (Lipinski definition) is 5. The highest BCUT2D eigenvalue weighted by Gasteiger charge is 2.35. The zero-order valence-corrected chi connectivity index (χ0v) is 23.1. The predicted octanol–water partition coefficient (Wildman–Crippen LogP) is 4.70. The molecular formula is C31H35N5O3. The van der Waals surface area contributed by atoms with Crippen molar-refractivity contribution >= 4 is 34.8 Å². The van der Waals surface area contributed by atoms with Gasteiger partial charge in [0.2, 0.25) is 6.17 Å². The summed E-state index contributed by atoms with van der Waals surface area (Å²) in [6.07, 6.45) is -1.25. The molecule has 8 heteroatoms. The van der Waals surface area contributed by atoms with Crippen LogP contribution in [0, 0.1) is 5.41 Å². The topological polar surface area (TPSA) is 94.1 Å². The molecule has 0 bridgehead atoms. The summed E-state index contributed by atoms with van der Waals surface area (Å²) in [7, 11) is 3.95. The van der Waals surface area contributed by atoms with Crippen LogP contribution in [0.5, 0.6) is 0 Å². The Balaban J connectivity index is 1.70. The number of hydrogen-bond donors (Lipinski definition) is 2. The molecule has 1 heterocycles. The number of para-hydroxylation sites is 1. The van der Waals surface area contributed by atoms with Crippen molar-refractivity contribution in [3.63, 3.8) is 0 Å². The van der Waals surface area contributed by atoms with Gasteiger partial charge >= 0.3 is 6.03 Å². The van der Waals surface area contributed by atoms with E-state index in [2.05, 4.69) is 10.6 Å². The molecule has 0 aromatic heterocycles. The summed E-state index contributed by atoms with van der Waals surface area (Å²) in [5.74, 6) is -0.586. The number of ketones is 1. The molecule has 1 aliphatic rings. The number of fused-ring (bicyclic) bond motifs is 1. The third kappa shape index (κ3) is 6.78. The quantitative estimate of drug-likeness (QED) is 0.468. The van der Waals surface area contributed by atoms with E-state index in [0.29, 0.717) is 22.6 Å². The normalized spacial score (nSPS) is 15.3. The maximum Gasteiger partial charge on any atom is 0.321 e. The van der Waals surface area contributed by atoms with Crippen LogP contribution in [0.15, 0.2) is 83.9 Å². The minimum absolute atomic E-state index is 0.102. The molecular weight excluding hydrogens is 490 g/mol. The SMILES string of the molecule is CN(C)Cc1cccc(NC(=O)N[C@@H]2N=C(c3ccccc3)c3ccccc3N(CC(=O)C(C)(C)C)C2=O)c1. The minimum atomic E-state index is -1.25. The van der Waals surface area contributed by atoms with Crippen molar-refractivity contribution in [3.8, 4) is 0 Å². The predicted molar refractivity (Wildman–Crippen MR) is 155 cm³/mol. The molecule has 39 heavy (non-hydrogen) atoms. The van der Waals surface area contributed by atoms with E-state index in [1.165, 1.54) is 4.90 Å². The highest BCUT2D eigenvalue weighted by Crippen LogP contribution is 2.29. The van der Waals surface area contributed by atoms with Crippen LogP contribution >= 0.6 is 0 Å². The fourth-order valence-electron chi connectivity index (χ4n) is 4.30. The largest absolute Gasteiger partial charge is 0.321 e. The standard InChI is InChI=1S/C31H35N5O3/c1-31(2,3)26(37)20-36-25-17-10-9-16-24(25)27(22-13-7-6-8-14-22)33-28(29(36)38)34-30(39)32-23-15-11-12-21(18-23)19-35(4)5/h6-18,28H,19-20H2,1-5H3,(H2,32,34,39)/t28-/m0/s1. The van der Waals surface area contributed by atoms with Crippen LogP contribution in [0.1, 0.15) is 37.5 Å². The molecule has 8 nitrogen and oxygen atoms in total. The zero-order valence-electron chi connectivity index (χ0n) is 23.1. The van der Waals surface area contributed by atoms with Gasteiger partial charge in [-0.1, -0.05) is 81.4 Å². The molecule has 0 fully saturated rings. The van der Waals surface area contributed by atoms with E-state index in [-0.39, 0.29) is 12.3 Å². The highest BCUT2D eigenvalue weighted by atomic mass is 16.2. The van der Waals surface area contributed by atoms with Gasteiger partial charge in [-0.15, -0.1) is 0 Å². The molecule has 3 aromatic carbocycles. The summed E-state index contributed by atoms with van der Waals surface area (Å²) >= 11 is 0. The van der Waals surface area contributed by atoms with E-state index in [1.54, 1.807) is 12.1 Å². The van der Waals surface area contributed by atoms with Crippen LogP contribution in [-0.2, 0) is 16.1 Å². The molecule has 0 spiro atoms. The molecule has 4 rings (SSSR count). The van der Waals surface area contributed by atoms with Crippen LogP contribution in [-0.4, -0.2) is 55.1 Å². The number of aliphatic imine (C=N–C) groups is 1. The number of Topliss-reactive ketones (excluding diaryl/α,β-unsaturated/α-hetero) is 1. The number of urea groups is 1. The Kier molecular flexibility index (Phi) is 8.26. The minimum Gasteiger partial charge on any atom is -0.308 e. The van der Waals surface area contributed by atoms with Crippen LogP contribution in [0.3, 0.4) is 0 Å². The number of carbonyl (C=O) groups is 3. The Morgan fingerprint density at radius 3 is 2.33 bits per heavy atom. The molecule has 3 aromatic rings. The van der Waals surface area contributed by atoms with Crippen molar-refractivity contribution in [2.24, 2.45) is 10.4 Å². The number of nitrogens with zero attached hydrogens (tertiary/aromatic N) is 3. The van der Waals surface area contributed by atoms with Gasteiger partial charge < -0.3 is 20.4 Å². The van der Waals surface area contributed by atoms with Gasteiger partial charge in [-0.3, -0.25) is 9.59 Å². The summed E-state index contributed by atoms with van der Waals surface area (Å²) in [5.41, 5.74) is 3.62. The van der Waals surface area contributed by atoms with Crippen LogP contribution < -0.4 is 15.5 Å². The molecule has 3 amide bonds. The molecule has 202 valence electrons.